The van der Waals surface area contributed by atoms with Crippen LogP contribution in [0.1, 0.15) is 81.1 Å². The van der Waals surface area contributed by atoms with Crippen molar-refractivity contribution >= 4 is 5.97 Å². The lowest BCUT2D eigenvalue weighted by Gasteiger charge is -2.39. The van der Waals surface area contributed by atoms with Crippen molar-refractivity contribution in [2.75, 3.05) is 0 Å². The molecule has 4 aliphatic rings. The molecule has 5 heteroatoms. The topological polar surface area (TPSA) is 79.3 Å². The Balaban J connectivity index is 1.34. The molecule has 42 heavy (non-hydrogen) atoms. The number of hydrogen-bond acceptors (Lipinski definition) is 5. The van der Waals surface area contributed by atoms with Crippen LogP contribution in [0.15, 0.2) is 94.4 Å². The summed E-state index contributed by atoms with van der Waals surface area (Å²) in [6.45, 7) is 16.5. The van der Waals surface area contributed by atoms with E-state index >= 15 is 0 Å². The van der Waals surface area contributed by atoms with Gasteiger partial charge in [-0.15, -0.1) is 0 Å². The van der Waals surface area contributed by atoms with Crippen molar-refractivity contribution in [3.63, 3.8) is 0 Å². The summed E-state index contributed by atoms with van der Waals surface area (Å²) >= 11 is 0. The summed E-state index contributed by atoms with van der Waals surface area (Å²) in [5, 5.41) is 20.3. The minimum atomic E-state index is -0.491. The molecule has 0 radical (unpaired) electrons. The standard InChI is InChI=1S/C37H46O5/c1-25(15-16-32-27(3)20-29(38)22-34(32,4)5)13-11-9-10-12-14-26(2)19-31-21-28(33(40)41-31)17-18-37-35(6,7)23-30(39)24-36(37,8)42-37/h9-14,17-19,21,29-30,38-39H,20,22-24H2,1-8H3/b11-9+,12-10-,18-17+,25-13+,26-14+,31-19-. The number of carbonyl (C=O) groups is 1. The summed E-state index contributed by atoms with van der Waals surface area (Å²) in [6.07, 6.45) is 21.1. The van der Waals surface area contributed by atoms with Crippen molar-refractivity contribution in [3.05, 3.63) is 94.4 Å². The van der Waals surface area contributed by atoms with Gasteiger partial charge in [0, 0.05) is 22.8 Å². The molecule has 0 bridgehead atoms. The van der Waals surface area contributed by atoms with E-state index < -0.39 is 11.2 Å². The first-order valence-electron chi connectivity index (χ1n) is 14.9. The Morgan fingerprint density at radius 3 is 2.33 bits per heavy atom. The third kappa shape index (κ3) is 6.73. The number of epoxide rings is 1. The Kier molecular flexibility index (Phi) is 8.95. The second-order valence-corrected chi connectivity index (χ2v) is 13.8. The van der Waals surface area contributed by atoms with Crippen LogP contribution in [0.3, 0.4) is 0 Å². The summed E-state index contributed by atoms with van der Waals surface area (Å²) < 4.78 is 11.6. The predicted octanol–water partition coefficient (Wildman–Crippen LogP) is 7.12. The van der Waals surface area contributed by atoms with Gasteiger partial charge in [0.2, 0.25) is 0 Å². The maximum atomic E-state index is 12.5. The van der Waals surface area contributed by atoms with E-state index in [0.29, 0.717) is 30.6 Å². The van der Waals surface area contributed by atoms with Gasteiger partial charge in [0.25, 0.3) is 0 Å². The molecule has 4 rings (SSSR count). The van der Waals surface area contributed by atoms with Gasteiger partial charge in [-0.05, 0) is 82.4 Å². The average molecular weight is 571 g/mol. The molecule has 4 unspecified atom stereocenters. The fourth-order valence-electron chi connectivity index (χ4n) is 6.96. The normalized spacial score (nSPS) is 33.7. The minimum absolute atomic E-state index is 0.108. The smallest absolute Gasteiger partial charge is 0.343 e. The third-order valence-corrected chi connectivity index (χ3v) is 8.93. The molecule has 1 saturated carbocycles. The lowest BCUT2D eigenvalue weighted by molar-refractivity contribution is -0.132. The highest BCUT2D eigenvalue weighted by atomic mass is 16.6. The number of ether oxygens (including phenoxy) is 2. The number of esters is 1. The quantitative estimate of drug-likeness (QED) is 0.154. The first-order chi connectivity index (χ1) is 19.6. The van der Waals surface area contributed by atoms with Crippen LogP contribution in [-0.4, -0.2) is 39.6 Å². The van der Waals surface area contributed by atoms with Crippen molar-refractivity contribution < 1.29 is 24.5 Å². The molecule has 1 saturated heterocycles. The highest BCUT2D eigenvalue weighted by Crippen LogP contribution is 2.66. The maximum absolute atomic E-state index is 12.5. The van der Waals surface area contributed by atoms with Crippen LogP contribution < -0.4 is 0 Å². The van der Waals surface area contributed by atoms with Crippen LogP contribution in [0.2, 0.25) is 0 Å². The van der Waals surface area contributed by atoms with Crippen molar-refractivity contribution in [1.29, 1.82) is 0 Å². The number of aliphatic hydroxyl groups is 2. The molecule has 0 aromatic heterocycles. The number of hydrogen-bond donors (Lipinski definition) is 2. The number of aliphatic hydroxyl groups excluding tert-OH is 2. The number of carbonyl (C=O) groups excluding carboxylic acids is 1. The molecule has 0 aromatic carbocycles. The summed E-state index contributed by atoms with van der Waals surface area (Å²) in [5.74, 6) is 6.73. The molecule has 2 fully saturated rings. The number of rotatable bonds is 6. The van der Waals surface area contributed by atoms with Crippen molar-refractivity contribution in [3.8, 4) is 11.8 Å². The van der Waals surface area contributed by atoms with Gasteiger partial charge in [-0.2, -0.15) is 0 Å². The lowest BCUT2D eigenvalue weighted by Crippen LogP contribution is -2.46. The summed E-state index contributed by atoms with van der Waals surface area (Å²) in [6, 6.07) is 0. The Bertz CT molecular complexity index is 1430. The van der Waals surface area contributed by atoms with Crippen LogP contribution in [0.4, 0.5) is 0 Å². The van der Waals surface area contributed by atoms with Crippen molar-refractivity contribution in [2.24, 2.45) is 10.8 Å². The molecule has 4 atom stereocenters. The van der Waals surface area contributed by atoms with Crippen LogP contribution in [-0.2, 0) is 14.3 Å². The maximum Gasteiger partial charge on any atom is 0.343 e. The number of fused-ring (bicyclic) bond motifs is 1. The van der Waals surface area contributed by atoms with E-state index in [1.807, 2.05) is 69.4 Å². The zero-order valence-corrected chi connectivity index (χ0v) is 26.4. The highest BCUT2D eigenvalue weighted by Gasteiger charge is 2.74. The third-order valence-electron chi connectivity index (χ3n) is 8.93. The molecule has 0 amide bonds. The first kappa shape index (κ1) is 31.8. The fourth-order valence-corrected chi connectivity index (χ4v) is 6.96. The molecule has 224 valence electrons. The monoisotopic (exact) mass is 570 g/mol. The van der Waals surface area contributed by atoms with Crippen LogP contribution in [0, 0.1) is 22.7 Å². The molecule has 2 heterocycles. The van der Waals surface area contributed by atoms with Gasteiger partial charge >= 0.3 is 5.97 Å². The molecule has 0 aromatic rings. The zero-order valence-electron chi connectivity index (χ0n) is 26.4. The second-order valence-electron chi connectivity index (χ2n) is 13.8. The molecule has 2 N–H and O–H groups in total. The molecule has 0 spiro atoms. The van der Waals surface area contributed by atoms with Gasteiger partial charge in [-0.3, -0.25) is 0 Å². The average Bonchev–Trinajstić information content (AvgIpc) is 3.32. The van der Waals surface area contributed by atoms with E-state index in [1.165, 1.54) is 5.57 Å². The Labute approximate surface area is 251 Å². The Morgan fingerprint density at radius 1 is 0.976 bits per heavy atom. The first-order valence-corrected chi connectivity index (χ1v) is 14.9. The molecule has 2 aliphatic carbocycles. The zero-order chi connectivity index (χ0) is 30.9. The van der Waals surface area contributed by atoms with E-state index in [-0.39, 0.29) is 29.0 Å². The molecule has 2 aliphatic heterocycles. The number of cyclic esters (lactones) is 1. The largest absolute Gasteiger partial charge is 0.423 e. The predicted molar refractivity (Wildman–Crippen MR) is 168 cm³/mol. The number of allylic oxidation sites excluding steroid dienone is 11. The Hall–Kier alpha value is -3.17. The molecular formula is C37H46O5. The summed E-state index contributed by atoms with van der Waals surface area (Å²) in [4.78, 5) is 12.5. The SMILES string of the molecule is CC1=C(C#C/C(C)=C/C=C/C=C\C=C(C)\C=C2C=C(/C=C/C34OC3(C)CC(O)CC4(C)C)C(=O)O\2)C(C)(C)CC(O)C1. The van der Waals surface area contributed by atoms with Gasteiger partial charge in [-0.1, -0.05) is 81.6 Å². The molecule has 5 nitrogen and oxygen atoms in total. The molecular weight excluding hydrogens is 524 g/mol. The van der Waals surface area contributed by atoms with E-state index in [4.69, 9.17) is 9.47 Å². The van der Waals surface area contributed by atoms with Gasteiger partial charge in [0.1, 0.15) is 17.0 Å². The second kappa shape index (κ2) is 11.8. The van der Waals surface area contributed by atoms with E-state index in [1.54, 1.807) is 12.2 Å². The lowest BCUT2D eigenvalue weighted by atomic mass is 9.63. The minimum Gasteiger partial charge on any atom is -0.423 e. The van der Waals surface area contributed by atoms with Crippen LogP contribution in [0.5, 0.6) is 0 Å². The summed E-state index contributed by atoms with van der Waals surface area (Å²) in [7, 11) is 0. The van der Waals surface area contributed by atoms with Gasteiger partial charge in [-0.25, -0.2) is 4.79 Å². The van der Waals surface area contributed by atoms with E-state index in [2.05, 4.69) is 46.5 Å². The van der Waals surface area contributed by atoms with E-state index in [0.717, 1.165) is 23.1 Å². The highest BCUT2D eigenvalue weighted by molar-refractivity contribution is 5.95. The van der Waals surface area contributed by atoms with Gasteiger partial charge < -0.3 is 19.7 Å². The van der Waals surface area contributed by atoms with Crippen molar-refractivity contribution in [2.45, 2.75) is 104 Å². The van der Waals surface area contributed by atoms with Crippen molar-refractivity contribution in [1.82, 2.24) is 0 Å². The van der Waals surface area contributed by atoms with Crippen LogP contribution in [0.25, 0.3) is 0 Å². The van der Waals surface area contributed by atoms with Gasteiger partial charge in [0.15, 0.2) is 0 Å². The fraction of sp³-hybridized carbons (Fsp3) is 0.486. The van der Waals surface area contributed by atoms with Crippen LogP contribution >= 0.6 is 0 Å². The summed E-state index contributed by atoms with van der Waals surface area (Å²) in [5.41, 5.74) is 3.47. The van der Waals surface area contributed by atoms with E-state index in [9.17, 15) is 15.0 Å². The van der Waals surface area contributed by atoms with Gasteiger partial charge in [0.05, 0.1) is 17.8 Å². The Morgan fingerprint density at radius 2 is 1.67 bits per heavy atom.